The molecule has 31 heavy (non-hydrogen) atoms. The van der Waals surface area contributed by atoms with Gasteiger partial charge in [0.1, 0.15) is 11.6 Å². The summed E-state index contributed by atoms with van der Waals surface area (Å²) in [7, 11) is -3.59. The lowest BCUT2D eigenvalue weighted by molar-refractivity contribution is -0.133. The van der Waals surface area contributed by atoms with E-state index in [1.807, 2.05) is 0 Å². The highest BCUT2D eigenvalue weighted by molar-refractivity contribution is 7.86. The highest BCUT2D eigenvalue weighted by atomic mass is 32.2. The van der Waals surface area contributed by atoms with Crippen LogP contribution in [0.15, 0.2) is 48.5 Å². The van der Waals surface area contributed by atoms with Gasteiger partial charge in [-0.3, -0.25) is 4.79 Å². The van der Waals surface area contributed by atoms with Crippen molar-refractivity contribution in [1.29, 1.82) is 0 Å². The van der Waals surface area contributed by atoms with Crippen LogP contribution in [0, 0.1) is 17.2 Å². The number of hydrogen-bond donors (Lipinski definition) is 0. The number of carbonyl (C=O) groups is 1. The summed E-state index contributed by atoms with van der Waals surface area (Å²) in [6.45, 7) is 9.27. The average molecular weight is 450 g/mol. The lowest BCUT2D eigenvalue weighted by Gasteiger charge is -2.27. The fraction of sp³-hybridized carbons (Fsp3) is 0.458. The van der Waals surface area contributed by atoms with Crippen molar-refractivity contribution >= 4 is 16.0 Å². The Kier molecular flexibility index (Phi) is 8.23. The summed E-state index contributed by atoms with van der Waals surface area (Å²) in [6.07, 6.45) is 2.34. The number of benzene rings is 2. The third kappa shape index (κ3) is 9.51. The molecule has 0 fully saturated rings. The molecule has 5 nitrogen and oxygen atoms in total. The first-order valence-electron chi connectivity index (χ1n) is 10.3. The third-order valence-electron chi connectivity index (χ3n) is 4.67. The van der Waals surface area contributed by atoms with Gasteiger partial charge in [0.25, 0.3) is 0 Å². The Morgan fingerprint density at radius 2 is 1.48 bits per heavy atom. The van der Waals surface area contributed by atoms with Crippen molar-refractivity contribution in [3.05, 3.63) is 65.5 Å². The van der Waals surface area contributed by atoms with Crippen LogP contribution in [0.5, 0.6) is 5.75 Å². The molecule has 0 heterocycles. The van der Waals surface area contributed by atoms with Crippen LogP contribution in [0.3, 0.4) is 0 Å². The van der Waals surface area contributed by atoms with Gasteiger partial charge < -0.3 is 9.08 Å². The van der Waals surface area contributed by atoms with Crippen LogP contribution >= 0.6 is 0 Å². The maximum absolute atomic E-state index is 13.3. The Morgan fingerprint density at radius 1 is 1.00 bits per heavy atom. The molecule has 0 bridgehead atoms. The quantitative estimate of drug-likeness (QED) is 0.496. The normalized spacial score (nSPS) is 13.0. The Morgan fingerprint density at radius 3 is 1.94 bits per heavy atom. The second-order valence-electron chi connectivity index (χ2n) is 9.38. The molecular weight excluding hydrogens is 417 g/mol. The molecule has 170 valence electrons. The van der Waals surface area contributed by atoms with Crippen LogP contribution < -0.4 is 4.18 Å². The molecule has 0 aliphatic heterocycles. The summed E-state index contributed by atoms with van der Waals surface area (Å²) >= 11 is 0. The standard InChI is InChI=1S/C24H32FNO4S/c1-18(15-24(2,3)4)14-23(27)26(16-19-6-10-21(25)11-7-19)17-20-8-12-22(13-9-20)30-31(5,28)29/h6-13,18H,14-17H2,1-5H3. The molecule has 2 rings (SSSR count). The molecule has 0 N–H and O–H groups in total. The van der Waals surface area contributed by atoms with Crippen molar-refractivity contribution < 1.29 is 21.8 Å². The van der Waals surface area contributed by atoms with Crippen molar-refractivity contribution in [1.82, 2.24) is 4.90 Å². The van der Waals surface area contributed by atoms with Gasteiger partial charge in [0.05, 0.1) is 6.26 Å². The second kappa shape index (κ2) is 10.3. The zero-order valence-corrected chi connectivity index (χ0v) is 19.7. The van der Waals surface area contributed by atoms with Gasteiger partial charge in [0.2, 0.25) is 5.91 Å². The van der Waals surface area contributed by atoms with Gasteiger partial charge in [-0.2, -0.15) is 8.42 Å². The van der Waals surface area contributed by atoms with Gasteiger partial charge in [-0.15, -0.1) is 0 Å². The summed E-state index contributed by atoms with van der Waals surface area (Å²) < 4.78 is 40.7. The van der Waals surface area contributed by atoms with E-state index in [9.17, 15) is 17.6 Å². The maximum atomic E-state index is 13.3. The minimum absolute atomic E-state index is 0.0255. The number of halogens is 1. The van der Waals surface area contributed by atoms with E-state index in [-0.39, 0.29) is 28.8 Å². The van der Waals surface area contributed by atoms with Gasteiger partial charge in [-0.1, -0.05) is 52.0 Å². The Hall–Kier alpha value is -2.41. The van der Waals surface area contributed by atoms with Crippen molar-refractivity contribution in [3.8, 4) is 5.75 Å². The molecule has 0 saturated heterocycles. The third-order valence-corrected chi connectivity index (χ3v) is 5.16. The van der Waals surface area contributed by atoms with E-state index in [1.165, 1.54) is 12.1 Å². The molecule has 0 aliphatic carbocycles. The molecule has 2 aromatic rings. The van der Waals surface area contributed by atoms with Crippen LogP contribution in [-0.2, 0) is 28.0 Å². The first-order valence-corrected chi connectivity index (χ1v) is 12.1. The molecule has 7 heteroatoms. The van der Waals surface area contributed by atoms with Crippen molar-refractivity contribution in [2.75, 3.05) is 6.26 Å². The number of carbonyl (C=O) groups excluding carboxylic acids is 1. The van der Waals surface area contributed by atoms with E-state index in [2.05, 4.69) is 27.7 Å². The van der Waals surface area contributed by atoms with Gasteiger partial charge in [0, 0.05) is 19.5 Å². The molecule has 2 aromatic carbocycles. The van der Waals surface area contributed by atoms with E-state index in [0.29, 0.717) is 19.5 Å². The molecule has 0 radical (unpaired) electrons. The van der Waals surface area contributed by atoms with E-state index < -0.39 is 10.1 Å². The second-order valence-corrected chi connectivity index (χ2v) is 11.0. The lowest BCUT2D eigenvalue weighted by Crippen LogP contribution is -2.31. The van der Waals surface area contributed by atoms with Crippen molar-refractivity contribution in [3.63, 3.8) is 0 Å². The highest BCUT2D eigenvalue weighted by Crippen LogP contribution is 2.27. The Bertz CT molecular complexity index is 964. The fourth-order valence-corrected chi connectivity index (χ4v) is 4.09. The predicted molar refractivity (Wildman–Crippen MR) is 120 cm³/mol. The zero-order chi connectivity index (χ0) is 23.2. The van der Waals surface area contributed by atoms with Gasteiger partial charge in [-0.05, 0) is 53.1 Å². The number of amides is 1. The topological polar surface area (TPSA) is 63.7 Å². The number of rotatable bonds is 9. The average Bonchev–Trinajstić information content (AvgIpc) is 2.61. The molecule has 0 aliphatic rings. The molecule has 1 unspecified atom stereocenters. The number of nitrogens with zero attached hydrogens (tertiary/aromatic N) is 1. The zero-order valence-electron chi connectivity index (χ0n) is 18.9. The van der Waals surface area contributed by atoms with E-state index in [1.54, 1.807) is 41.3 Å². The summed E-state index contributed by atoms with van der Waals surface area (Å²) in [5, 5.41) is 0. The smallest absolute Gasteiger partial charge is 0.306 e. The summed E-state index contributed by atoms with van der Waals surface area (Å²) in [5.41, 5.74) is 1.83. The Labute approximate surface area is 185 Å². The maximum Gasteiger partial charge on any atom is 0.306 e. The van der Waals surface area contributed by atoms with Crippen LogP contribution in [0.2, 0.25) is 0 Å². The Balaban J connectivity index is 2.16. The van der Waals surface area contributed by atoms with Crippen molar-refractivity contribution in [2.24, 2.45) is 11.3 Å². The fourth-order valence-electron chi connectivity index (χ4n) is 3.63. The summed E-state index contributed by atoms with van der Waals surface area (Å²) in [4.78, 5) is 14.9. The first-order chi connectivity index (χ1) is 14.3. The number of hydrogen-bond acceptors (Lipinski definition) is 4. The molecule has 0 aromatic heterocycles. The van der Waals surface area contributed by atoms with Crippen LogP contribution in [-0.4, -0.2) is 25.5 Å². The van der Waals surface area contributed by atoms with Gasteiger partial charge in [0.15, 0.2) is 0 Å². The van der Waals surface area contributed by atoms with Crippen LogP contribution in [0.1, 0.15) is 51.7 Å². The van der Waals surface area contributed by atoms with E-state index in [0.717, 1.165) is 23.8 Å². The molecule has 0 spiro atoms. The summed E-state index contributed by atoms with van der Waals surface area (Å²) in [5.74, 6) is 0.162. The van der Waals surface area contributed by atoms with Crippen LogP contribution in [0.4, 0.5) is 4.39 Å². The molecular formula is C24H32FNO4S. The molecule has 1 atom stereocenters. The first kappa shape index (κ1) is 24.9. The molecule has 0 saturated carbocycles. The minimum atomic E-state index is -3.59. The van der Waals surface area contributed by atoms with Gasteiger partial charge >= 0.3 is 10.1 Å². The molecule has 1 amide bonds. The summed E-state index contributed by atoms with van der Waals surface area (Å²) in [6, 6.07) is 12.7. The monoisotopic (exact) mass is 449 g/mol. The van der Waals surface area contributed by atoms with E-state index in [4.69, 9.17) is 4.18 Å². The predicted octanol–water partition coefficient (Wildman–Crippen LogP) is 5.16. The van der Waals surface area contributed by atoms with Crippen LogP contribution in [0.25, 0.3) is 0 Å². The largest absolute Gasteiger partial charge is 0.383 e. The minimum Gasteiger partial charge on any atom is -0.383 e. The SMILES string of the molecule is CC(CC(=O)N(Cc1ccc(F)cc1)Cc1ccc(OS(C)(=O)=O)cc1)CC(C)(C)C. The van der Waals surface area contributed by atoms with Crippen molar-refractivity contribution in [2.45, 2.75) is 53.6 Å². The highest BCUT2D eigenvalue weighted by Gasteiger charge is 2.21. The van der Waals surface area contributed by atoms with E-state index >= 15 is 0 Å². The van der Waals surface area contributed by atoms with Gasteiger partial charge in [-0.25, -0.2) is 4.39 Å². The lowest BCUT2D eigenvalue weighted by atomic mass is 9.84.